The highest BCUT2D eigenvalue weighted by Crippen LogP contribution is 2.15. The predicted octanol–water partition coefficient (Wildman–Crippen LogP) is 3.34. The van der Waals surface area contributed by atoms with E-state index in [-0.39, 0.29) is 24.4 Å². The minimum Gasteiger partial charge on any atom is -0.490 e. The van der Waals surface area contributed by atoms with Crippen LogP contribution in [0, 0.1) is 6.92 Å². The maximum atomic E-state index is 12.1. The molecule has 3 rings (SSSR count). The summed E-state index contributed by atoms with van der Waals surface area (Å²) in [5, 5.41) is 0.443. The zero-order valence-electron chi connectivity index (χ0n) is 13.2. The Hall–Kier alpha value is -3.08. The molecule has 2 aromatic carbocycles. The summed E-state index contributed by atoms with van der Waals surface area (Å²) in [7, 11) is 0. The Morgan fingerprint density at radius 1 is 1.04 bits per heavy atom. The molecule has 0 aliphatic rings. The van der Waals surface area contributed by atoms with Gasteiger partial charge in [-0.1, -0.05) is 29.8 Å². The zero-order valence-corrected chi connectivity index (χ0v) is 13.2. The van der Waals surface area contributed by atoms with E-state index >= 15 is 0 Å². The number of esters is 1. The first-order valence-electron chi connectivity index (χ1n) is 7.53. The number of rotatable bonds is 5. The molecular weight excluding hydrogens is 308 g/mol. The Balaban J connectivity index is 1.64. The molecule has 0 fully saturated rings. The van der Waals surface area contributed by atoms with Gasteiger partial charge in [0.1, 0.15) is 24.5 Å². The first-order chi connectivity index (χ1) is 11.6. The summed E-state index contributed by atoms with van der Waals surface area (Å²) in [6.45, 7) is 2.16. The second-order valence-electron chi connectivity index (χ2n) is 5.27. The van der Waals surface area contributed by atoms with E-state index in [1.165, 1.54) is 0 Å². The molecule has 24 heavy (non-hydrogen) atoms. The Morgan fingerprint density at radius 3 is 2.62 bits per heavy atom. The third-order valence-corrected chi connectivity index (χ3v) is 3.41. The fourth-order valence-electron chi connectivity index (χ4n) is 2.25. The van der Waals surface area contributed by atoms with Crippen LogP contribution >= 0.6 is 0 Å². The molecule has 0 aliphatic carbocycles. The van der Waals surface area contributed by atoms with Crippen molar-refractivity contribution < 1.29 is 18.7 Å². The van der Waals surface area contributed by atoms with E-state index in [1.54, 1.807) is 12.1 Å². The minimum atomic E-state index is -0.689. The van der Waals surface area contributed by atoms with Crippen molar-refractivity contribution in [3.05, 3.63) is 76.1 Å². The molecule has 0 aliphatic heterocycles. The summed E-state index contributed by atoms with van der Waals surface area (Å²) < 4.78 is 16.0. The van der Waals surface area contributed by atoms with Gasteiger partial charge in [0.05, 0.1) is 5.39 Å². The van der Waals surface area contributed by atoms with E-state index < -0.39 is 5.97 Å². The number of carbonyl (C=O) groups is 1. The number of ether oxygens (including phenoxy) is 2. The normalized spacial score (nSPS) is 10.5. The smallest absolute Gasteiger partial charge is 0.374 e. The maximum Gasteiger partial charge on any atom is 0.374 e. The molecule has 0 saturated carbocycles. The average Bonchev–Trinajstić information content (AvgIpc) is 2.60. The van der Waals surface area contributed by atoms with Gasteiger partial charge < -0.3 is 13.9 Å². The summed E-state index contributed by atoms with van der Waals surface area (Å²) in [5.41, 5.74) is 1.04. The molecule has 1 heterocycles. The topological polar surface area (TPSA) is 65.7 Å². The van der Waals surface area contributed by atoms with E-state index in [0.717, 1.165) is 11.6 Å². The second kappa shape index (κ2) is 7.00. The van der Waals surface area contributed by atoms with Crippen LogP contribution in [0.15, 0.2) is 63.8 Å². The van der Waals surface area contributed by atoms with Crippen molar-refractivity contribution in [2.75, 3.05) is 13.2 Å². The highest BCUT2D eigenvalue weighted by molar-refractivity contribution is 5.89. The van der Waals surface area contributed by atoms with Crippen molar-refractivity contribution in [1.29, 1.82) is 0 Å². The van der Waals surface area contributed by atoms with Gasteiger partial charge in [-0.2, -0.15) is 0 Å². The average molecular weight is 324 g/mol. The van der Waals surface area contributed by atoms with Gasteiger partial charge in [0, 0.05) is 6.07 Å². The number of benzene rings is 2. The Bertz CT molecular complexity index is 912. The SMILES string of the molecule is Cc1ccc2oc(C(=O)OCCOc3ccccc3)cc(=O)c2c1. The van der Waals surface area contributed by atoms with Crippen molar-refractivity contribution in [3.8, 4) is 5.75 Å². The first-order valence-corrected chi connectivity index (χ1v) is 7.53. The van der Waals surface area contributed by atoms with Crippen molar-refractivity contribution in [2.45, 2.75) is 6.92 Å². The fourth-order valence-corrected chi connectivity index (χ4v) is 2.25. The van der Waals surface area contributed by atoms with Crippen LogP contribution in [0.3, 0.4) is 0 Å². The minimum absolute atomic E-state index is 0.0589. The molecule has 0 atom stereocenters. The highest BCUT2D eigenvalue weighted by atomic mass is 16.6. The van der Waals surface area contributed by atoms with Gasteiger partial charge in [-0.25, -0.2) is 4.79 Å². The zero-order chi connectivity index (χ0) is 16.9. The monoisotopic (exact) mass is 324 g/mol. The lowest BCUT2D eigenvalue weighted by Crippen LogP contribution is -2.14. The summed E-state index contributed by atoms with van der Waals surface area (Å²) in [6.07, 6.45) is 0. The third kappa shape index (κ3) is 3.63. The molecule has 0 amide bonds. The summed E-state index contributed by atoms with van der Waals surface area (Å²) in [5.74, 6) is -0.108. The number of hydrogen-bond donors (Lipinski definition) is 0. The molecule has 5 nitrogen and oxygen atoms in total. The fraction of sp³-hybridized carbons (Fsp3) is 0.158. The van der Waals surface area contributed by atoms with Crippen LogP contribution in [-0.4, -0.2) is 19.2 Å². The number of para-hydroxylation sites is 1. The van der Waals surface area contributed by atoms with Crippen LogP contribution in [-0.2, 0) is 4.74 Å². The molecule has 0 saturated heterocycles. The summed E-state index contributed by atoms with van der Waals surface area (Å²) in [4.78, 5) is 24.1. The van der Waals surface area contributed by atoms with E-state index in [0.29, 0.717) is 16.7 Å². The number of fused-ring (bicyclic) bond motifs is 1. The quantitative estimate of drug-likeness (QED) is 0.532. The van der Waals surface area contributed by atoms with Crippen LogP contribution < -0.4 is 10.2 Å². The van der Waals surface area contributed by atoms with Crippen molar-refractivity contribution in [2.24, 2.45) is 0 Å². The molecular formula is C19H16O5. The van der Waals surface area contributed by atoms with E-state index in [2.05, 4.69) is 0 Å². The summed E-state index contributed by atoms with van der Waals surface area (Å²) in [6, 6.07) is 15.6. The largest absolute Gasteiger partial charge is 0.490 e. The first kappa shape index (κ1) is 15.8. The lowest BCUT2D eigenvalue weighted by Gasteiger charge is -2.07. The maximum absolute atomic E-state index is 12.1. The molecule has 0 bridgehead atoms. The predicted molar refractivity (Wildman–Crippen MR) is 89.4 cm³/mol. The van der Waals surface area contributed by atoms with Crippen LogP contribution in [0.2, 0.25) is 0 Å². The van der Waals surface area contributed by atoms with E-state index in [1.807, 2.05) is 43.3 Å². The van der Waals surface area contributed by atoms with Crippen molar-refractivity contribution in [1.82, 2.24) is 0 Å². The van der Waals surface area contributed by atoms with Gasteiger partial charge >= 0.3 is 5.97 Å². The van der Waals surface area contributed by atoms with Crippen LogP contribution in [0.25, 0.3) is 11.0 Å². The van der Waals surface area contributed by atoms with Crippen LogP contribution in [0.5, 0.6) is 5.75 Å². The molecule has 5 heteroatoms. The summed E-state index contributed by atoms with van der Waals surface area (Å²) >= 11 is 0. The van der Waals surface area contributed by atoms with Gasteiger partial charge in [0.2, 0.25) is 5.76 Å². The Morgan fingerprint density at radius 2 is 1.83 bits per heavy atom. The lowest BCUT2D eigenvalue weighted by molar-refractivity contribution is 0.0415. The molecule has 1 aromatic heterocycles. The Kier molecular flexibility index (Phi) is 4.61. The van der Waals surface area contributed by atoms with E-state index in [9.17, 15) is 9.59 Å². The van der Waals surface area contributed by atoms with Gasteiger partial charge in [0.15, 0.2) is 5.43 Å². The van der Waals surface area contributed by atoms with Gasteiger partial charge in [-0.05, 0) is 31.2 Å². The van der Waals surface area contributed by atoms with Crippen LogP contribution in [0.1, 0.15) is 16.1 Å². The highest BCUT2D eigenvalue weighted by Gasteiger charge is 2.13. The van der Waals surface area contributed by atoms with Crippen molar-refractivity contribution >= 4 is 16.9 Å². The van der Waals surface area contributed by atoms with Gasteiger partial charge in [-0.15, -0.1) is 0 Å². The molecule has 0 spiro atoms. The number of hydrogen-bond acceptors (Lipinski definition) is 5. The molecule has 0 N–H and O–H groups in total. The lowest BCUT2D eigenvalue weighted by atomic mass is 10.1. The molecule has 0 unspecified atom stereocenters. The van der Waals surface area contributed by atoms with E-state index in [4.69, 9.17) is 13.9 Å². The third-order valence-electron chi connectivity index (χ3n) is 3.41. The van der Waals surface area contributed by atoms with Gasteiger partial charge in [-0.3, -0.25) is 4.79 Å². The van der Waals surface area contributed by atoms with Crippen molar-refractivity contribution in [3.63, 3.8) is 0 Å². The Labute approximate surface area is 138 Å². The molecule has 3 aromatic rings. The number of carbonyl (C=O) groups excluding carboxylic acids is 1. The standard InChI is InChI=1S/C19H16O5/c1-13-7-8-17-15(11-13)16(20)12-18(24-17)19(21)23-10-9-22-14-5-3-2-4-6-14/h2-8,11-12H,9-10H2,1H3. The molecule has 0 radical (unpaired) electrons. The number of aryl methyl sites for hydroxylation is 1. The molecule has 122 valence electrons. The van der Waals surface area contributed by atoms with Crippen LogP contribution in [0.4, 0.5) is 0 Å². The second-order valence-corrected chi connectivity index (χ2v) is 5.27. The van der Waals surface area contributed by atoms with Gasteiger partial charge in [0.25, 0.3) is 0 Å².